The van der Waals surface area contributed by atoms with Gasteiger partial charge in [0, 0.05) is 5.56 Å². The Morgan fingerprint density at radius 3 is 2.58 bits per heavy atom. The lowest BCUT2D eigenvalue weighted by Crippen LogP contribution is -2.06. The Bertz CT molecular complexity index is 606. The van der Waals surface area contributed by atoms with Gasteiger partial charge in [-0.1, -0.05) is 16.8 Å². The van der Waals surface area contributed by atoms with Gasteiger partial charge in [-0.05, 0) is 19.1 Å². The van der Waals surface area contributed by atoms with E-state index in [1.54, 1.807) is 19.1 Å². The van der Waals surface area contributed by atoms with Crippen LogP contribution in [-0.2, 0) is 6.18 Å². The number of hydrogen-bond acceptors (Lipinski definition) is 4. The van der Waals surface area contributed by atoms with Crippen molar-refractivity contribution < 1.29 is 22.4 Å². The highest BCUT2D eigenvalue weighted by Gasteiger charge is 2.41. The van der Waals surface area contributed by atoms with Crippen LogP contribution in [0, 0.1) is 6.92 Å². The summed E-state index contributed by atoms with van der Waals surface area (Å²) in [6.07, 6.45) is -4.67. The lowest BCUT2D eigenvalue weighted by atomic mass is 10.0. The minimum atomic E-state index is -4.67. The van der Waals surface area contributed by atoms with E-state index in [9.17, 15) is 13.2 Å². The fourth-order valence-electron chi connectivity index (χ4n) is 1.77. The molecular formula is C12H11F3N2O2. The van der Waals surface area contributed by atoms with Gasteiger partial charge in [0.1, 0.15) is 5.75 Å². The van der Waals surface area contributed by atoms with Crippen LogP contribution >= 0.6 is 0 Å². The summed E-state index contributed by atoms with van der Waals surface area (Å²) in [6, 6.07) is 4.83. The molecule has 1 aromatic heterocycles. The molecule has 0 aliphatic rings. The number of rotatable bonds is 2. The Balaban J connectivity index is 2.72. The quantitative estimate of drug-likeness (QED) is 0.911. The van der Waals surface area contributed by atoms with Gasteiger partial charge in [0.2, 0.25) is 0 Å². The number of aromatic nitrogens is 1. The molecule has 19 heavy (non-hydrogen) atoms. The number of halogens is 3. The molecule has 0 atom stereocenters. The molecule has 0 saturated carbocycles. The SMILES string of the molecule is COc1ccc(C)cc1-c1c(N)noc1C(F)(F)F. The van der Waals surface area contributed by atoms with E-state index in [0.29, 0.717) is 0 Å². The highest BCUT2D eigenvalue weighted by Crippen LogP contribution is 2.43. The normalized spacial score (nSPS) is 11.6. The van der Waals surface area contributed by atoms with Gasteiger partial charge < -0.3 is 15.0 Å². The molecule has 0 aliphatic carbocycles. The summed E-state index contributed by atoms with van der Waals surface area (Å²) in [5, 5.41) is 3.19. The highest BCUT2D eigenvalue weighted by atomic mass is 19.4. The van der Waals surface area contributed by atoms with Gasteiger partial charge in [-0.3, -0.25) is 0 Å². The first kappa shape index (κ1) is 13.3. The van der Waals surface area contributed by atoms with Crippen molar-refractivity contribution in [2.75, 3.05) is 12.8 Å². The first-order valence-corrected chi connectivity index (χ1v) is 5.32. The molecule has 0 bridgehead atoms. The van der Waals surface area contributed by atoms with Crippen LogP contribution < -0.4 is 10.5 Å². The molecule has 1 heterocycles. The first-order chi connectivity index (χ1) is 8.84. The molecule has 0 unspecified atom stereocenters. The number of hydrogen-bond donors (Lipinski definition) is 1. The average Bonchev–Trinajstić information content (AvgIpc) is 2.70. The molecule has 7 heteroatoms. The number of nitrogens with zero attached hydrogens (tertiary/aromatic N) is 1. The smallest absolute Gasteiger partial charge is 0.453 e. The summed E-state index contributed by atoms with van der Waals surface area (Å²) in [6.45, 7) is 1.75. The van der Waals surface area contributed by atoms with Crippen molar-refractivity contribution in [3.05, 3.63) is 29.5 Å². The zero-order valence-electron chi connectivity index (χ0n) is 10.2. The Hall–Kier alpha value is -2.18. The second kappa shape index (κ2) is 4.49. The fourth-order valence-corrected chi connectivity index (χ4v) is 1.77. The number of nitrogens with two attached hydrogens (primary N) is 1. The van der Waals surface area contributed by atoms with Gasteiger partial charge in [-0.2, -0.15) is 13.2 Å². The lowest BCUT2D eigenvalue weighted by molar-refractivity contribution is -0.154. The maximum absolute atomic E-state index is 12.9. The largest absolute Gasteiger partial charge is 0.496 e. The zero-order chi connectivity index (χ0) is 14.2. The van der Waals surface area contributed by atoms with Gasteiger partial charge >= 0.3 is 6.18 Å². The average molecular weight is 272 g/mol. The van der Waals surface area contributed by atoms with E-state index in [1.165, 1.54) is 13.2 Å². The number of ether oxygens (including phenoxy) is 1. The Morgan fingerprint density at radius 1 is 1.32 bits per heavy atom. The molecule has 2 aromatic rings. The highest BCUT2D eigenvalue weighted by molar-refractivity contribution is 5.80. The molecule has 0 aliphatic heterocycles. The van der Waals surface area contributed by atoms with Crippen molar-refractivity contribution >= 4 is 5.82 Å². The van der Waals surface area contributed by atoms with E-state index in [1.807, 2.05) is 0 Å². The van der Waals surface area contributed by atoms with Gasteiger partial charge in [0.05, 0.1) is 12.7 Å². The van der Waals surface area contributed by atoms with Crippen molar-refractivity contribution in [3.63, 3.8) is 0 Å². The van der Waals surface area contributed by atoms with Crippen LogP contribution in [0.1, 0.15) is 11.3 Å². The Morgan fingerprint density at radius 2 is 2.00 bits per heavy atom. The fraction of sp³-hybridized carbons (Fsp3) is 0.250. The molecule has 0 saturated heterocycles. The predicted molar refractivity (Wildman–Crippen MR) is 62.6 cm³/mol. The number of nitrogen functional groups attached to an aromatic ring is 1. The van der Waals surface area contributed by atoms with Crippen molar-refractivity contribution in [2.24, 2.45) is 0 Å². The Labute approximate surface area is 106 Å². The van der Waals surface area contributed by atoms with Crippen LogP contribution in [0.3, 0.4) is 0 Å². The zero-order valence-corrected chi connectivity index (χ0v) is 10.2. The number of benzene rings is 1. The number of aryl methyl sites for hydroxylation is 1. The van der Waals surface area contributed by atoms with Crippen molar-refractivity contribution in [1.82, 2.24) is 5.16 Å². The van der Waals surface area contributed by atoms with Crippen LogP contribution in [0.25, 0.3) is 11.1 Å². The topological polar surface area (TPSA) is 61.3 Å². The summed E-state index contributed by atoms with van der Waals surface area (Å²) in [5.41, 5.74) is 6.16. The van der Waals surface area contributed by atoms with Crippen LogP contribution in [0.15, 0.2) is 22.7 Å². The second-order valence-corrected chi connectivity index (χ2v) is 3.97. The van der Waals surface area contributed by atoms with Gasteiger partial charge in [0.25, 0.3) is 5.76 Å². The van der Waals surface area contributed by atoms with Gasteiger partial charge in [-0.25, -0.2) is 0 Å². The maximum atomic E-state index is 12.9. The van der Waals surface area contributed by atoms with Crippen LogP contribution in [0.5, 0.6) is 5.75 Å². The Kier molecular flexibility index (Phi) is 3.13. The van der Waals surface area contributed by atoms with E-state index in [2.05, 4.69) is 9.68 Å². The molecule has 102 valence electrons. The number of alkyl halides is 3. The minimum Gasteiger partial charge on any atom is -0.496 e. The monoisotopic (exact) mass is 272 g/mol. The molecular weight excluding hydrogens is 261 g/mol. The molecule has 0 spiro atoms. The lowest BCUT2D eigenvalue weighted by Gasteiger charge is -2.10. The van der Waals surface area contributed by atoms with Crippen molar-refractivity contribution in [3.8, 4) is 16.9 Å². The second-order valence-electron chi connectivity index (χ2n) is 3.97. The van der Waals surface area contributed by atoms with E-state index in [-0.39, 0.29) is 22.7 Å². The minimum absolute atomic E-state index is 0.202. The van der Waals surface area contributed by atoms with Crippen LogP contribution in [-0.4, -0.2) is 12.3 Å². The summed E-state index contributed by atoms with van der Waals surface area (Å²) in [7, 11) is 1.37. The third-order valence-corrected chi connectivity index (χ3v) is 2.60. The number of methoxy groups -OCH3 is 1. The number of anilines is 1. The van der Waals surface area contributed by atoms with E-state index < -0.39 is 11.9 Å². The molecule has 4 nitrogen and oxygen atoms in total. The van der Waals surface area contributed by atoms with Crippen molar-refractivity contribution in [2.45, 2.75) is 13.1 Å². The molecule has 1 aromatic carbocycles. The standard InChI is InChI=1S/C12H11F3N2O2/c1-6-3-4-8(18-2)7(5-6)9-10(12(13,14)15)19-17-11(9)16/h3-5H,1-2H3,(H2,16,17). The molecule has 0 radical (unpaired) electrons. The van der Waals surface area contributed by atoms with Crippen molar-refractivity contribution in [1.29, 1.82) is 0 Å². The van der Waals surface area contributed by atoms with E-state index in [4.69, 9.17) is 10.5 Å². The summed E-state index contributed by atoms with van der Waals surface area (Å²) in [4.78, 5) is 0. The summed E-state index contributed by atoms with van der Waals surface area (Å²) in [5.74, 6) is -1.28. The van der Waals surface area contributed by atoms with Gasteiger partial charge in [-0.15, -0.1) is 0 Å². The third-order valence-electron chi connectivity index (χ3n) is 2.60. The van der Waals surface area contributed by atoms with Crippen LogP contribution in [0.4, 0.5) is 19.0 Å². The van der Waals surface area contributed by atoms with Crippen LogP contribution in [0.2, 0.25) is 0 Å². The molecule has 0 fully saturated rings. The summed E-state index contributed by atoms with van der Waals surface area (Å²) < 4.78 is 47.9. The van der Waals surface area contributed by atoms with Gasteiger partial charge in [0.15, 0.2) is 5.82 Å². The molecule has 0 amide bonds. The summed E-state index contributed by atoms with van der Waals surface area (Å²) >= 11 is 0. The molecule has 2 rings (SSSR count). The van der Waals surface area contributed by atoms with E-state index in [0.717, 1.165) is 5.56 Å². The maximum Gasteiger partial charge on any atom is 0.453 e. The first-order valence-electron chi connectivity index (χ1n) is 5.32. The van der Waals surface area contributed by atoms with E-state index >= 15 is 0 Å². The predicted octanol–water partition coefficient (Wildman–Crippen LogP) is 3.26. The molecule has 2 N–H and O–H groups in total. The third kappa shape index (κ3) is 2.35.